The Morgan fingerprint density at radius 2 is 1.86 bits per heavy atom. The number of allylic oxidation sites excluding steroid dienone is 1. The molecule has 0 saturated heterocycles. The molecule has 0 unspecified atom stereocenters. The van der Waals surface area contributed by atoms with E-state index in [2.05, 4.69) is 0 Å². The molecule has 0 aromatic heterocycles. The SMILES string of the molecule is CC(=O)C1=C(C)N(Cc2ccccc2)C(=O)[C@H]1CC(=O)[O-]. The largest absolute Gasteiger partial charge is 0.550 e. The van der Waals surface area contributed by atoms with Gasteiger partial charge in [-0.05, 0) is 19.4 Å². The first-order chi connectivity index (χ1) is 9.91. The van der Waals surface area contributed by atoms with Crippen LogP contribution in [-0.4, -0.2) is 22.6 Å². The maximum atomic E-state index is 12.4. The van der Waals surface area contributed by atoms with Crippen molar-refractivity contribution in [3.63, 3.8) is 0 Å². The minimum absolute atomic E-state index is 0.275. The highest BCUT2D eigenvalue weighted by molar-refractivity contribution is 6.05. The zero-order valence-corrected chi connectivity index (χ0v) is 12.0. The molecule has 1 heterocycles. The summed E-state index contributed by atoms with van der Waals surface area (Å²) in [6.45, 7) is 3.35. The van der Waals surface area contributed by atoms with Crippen molar-refractivity contribution < 1.29 is 19.5 Å². The Labute approximate surface area is 122 Å². The number of carbonyl (C=O) groups excluding carboxylic acids is 3. The molecule has 0 bridgehead atoms. The van der Waals surface area contributed by atoms with Gasteiger partial charge in [0.15, 0.2) is 5.78 Å². The van der Waals surface area contributed by atoms with Crippen molar-refractivity contribution >= 4 is 17.7 Å². The van der Waals surface area contributed by atoms with Crippen LogP contribution in [0.25, 0.3) is 0 Å². The molecule has 0 radical (unpaired) electrons. The summed E-state index contributed by atoms with van der Waals surface area (Å²) in [6, 6.07) is 9.34. The molecule has 0 N–H and O–H groups in total. The van der Waals surface area contributed by atoms with E-state index in [0.29, 0.717) is 12.2 Å². The van der Waals surface area contributed by atoms with Gasteiger partial charge in [-0.15, -0.1) is 0 Å². The van der Waals surface area contributed by atoms with E-state index in [1.54, 1.807) is 6.92 Å². The van der Waals surface area contributed by atoms with Gasteiger partial charge in [-0.25, -0.2) is 0 Å². The van der Waals surface area contributed by atoms with E-state index >= 15 is 0 Å². The van der Waals surface area contributed by atoms with Gasteiger partial charge in [0.2, 0.25) is 5.91 Å². The zero-order valence-electron chi connectivity index (χ0n) is 12.0. The first kappa shape index (κ1) is 15.0. The second-order valence-corrected chi connectivity index (χ2v) is 5.09. The number of carbonyl (C=O) groups is 3. The van der Waals surface area contributed by atoms with Gasteiger partial charge in [-0.3, -0.25) is 9.59 Å². The summed E-state index contributed by atoms with van der Waals surface area (Å²) >= 11 is 0. The Balaban J connectivity index is 2.32. The monoisotopic (exact) mass is 286 g/mol. The average Bonchev–Trinajstić information content (AvgIpc) is 2.64. The average molecular weight is 286 g/mol. The molecule has 1 aliphatic heterocycles. The van der Waals surface area contributed by atoms with Crippen molar-refractivity contribution in [2.75, 3.05) is 0 Å². The topological polar surface area (TPSA) is 77.5 Å². The summed E-state index contributed by atoms with van der Waals surface area (Å²) in [6.07, 6.45) is -0.462. The number of aliphatic carboxylic acids is 1. The lowest BCUT2D eigenvalue weighted by Gasteiger charge is -2.19. The molecule has 110 valence electrons. The van der Waals surface area contributed by atoms with Gasteiger partial charge < -0.3 is 14.8 Å². The minimum atomic E-state index is -1.33. The normalized spacial score (nSPS) is 18.3. The summed E-state index contributed by atoms with van der Waals surface area (Å²) in [5.41, 5.74) is 1.73. The van der Waals surface area contributed by atoms with Gasteiger partial charge in [-0.1, -0.05) is 30.3 Å². The van der Waals surface area contributed by atoms with Gasteiger partial charge >= 0.3 is 0 Å². The third kappa shape index (κ3) is 3.02. The molecular formula is C16H16NO4-. The van der Waals surface area contributed by atoms with E-state index in [9.17, 15) is 19.5 Å². The second kappa shape index (κ2) is 5.91. The van der Waals surface area contributed by atoms with E-state index in [4.69, 9.17) is 0 Å². The smallest absolute Gasteiger partial charge is 0.235 e. The van der Waals surface area contributed by atoms with E-state index in [1.165, 1.54) is 11.8 Å². The molecule has 1 aromatic carbocycles. The van der Waals surface area contributed by atoms with Crippen LogP contribution in [0.1, 0.15) is 25.8 Å². The third-order valence-electron chi connectivity index (χ3n) is 3.64. The number of hydrogen-bond donors (Lipinski definition) is 0. The second-order valence-electron chi connectivity index (χ2n) is 5.09. The van der Waals surface area contributed by atoms with Gasteiger partial charge in [0.05, 0.1) is 12.5 Å². The highest BCUT2D eigenvalue weighted by atomic mass is 16.4. The lowest BCUT2D eigenvalue weighted by molar-refractivity contribution is -0.306. The highest BCUT2D eigenvalue weighted by Gasteiger charge is 2.39. The van der Waals surface area contributed by atoms with Crippen LogP contribution in [-0.2, 0) is 20.9 Å². The maximum Gasteiger partial charge on any atom is 0.235 e. The van der Waals surface area contributed by atoms with Crippen molar-refractivity contribution in [1.82, 2.24) is 4.90 Å². The third-order valence-corrected chi connectivity index (χ3v) is 3.64. The Kier molecular flexibility index (Phi) is 4.21. The number of carboxylic acids is 1. The van der Waals surface area contributed by atoms with Crippen LogP contribution < -0.4 is 5.11 Å². The minimum Gasteiger partial charge on any atom is -0.550 e. The Morgan fingerprint density at radius 1 is 1.24 bits per heavy atom. The quantitative estimate of drug-likeness (QED) is 0.796. The van der Waals surface area contributed by atoms with Crippen LogP contribution in [0.3, 0.4) is 0 Å². The van der Waals surface area contributed by atoms with E-state index in [1.807, 2.05) is 30.3 Å². The number of carboxylic acid groups (broad SMARTS) is 1. The standard InChI is InChI=1S/C16H17NO4/c1-10-15(11(2)18)13(8-14(19)20)16(21)17(10)9-12-6-4-3-5-7-12/h3-7,13H,8-9H2,1-2H3,(H,19,20)/p-1/t13-/m0/s1. The fourth-order valence-electron chi connectivity index (χ4n) is 2.69. The molecule has 2 rings (SSSR count). The molecule has 0 aliphatic carbocycles. The summed E-state index contributed by atoms with van der Waals surface area (Å²) in [4.78, 5) is 36.5. The molecule has 0 fully saturated rings. The molecule has 5 nitrogen and oxygen atoms in total. The predicted octanol–water partition coefficient (Wildman–Crippen LogP) is 0.648. The molecule has 5 heteroatoms. The van der Waals surface area contributed by atoms with Crippen LogP contribution >= 0.6 is 0 Å². The molecule has 21 heavy (non-hydrogen) atoms. The molecular weight excluding hydrogens is 270 g/mol. The van der Waals surface area contributed by atoms with E-state index < -0.39 is 18.3 Å². The van der Waals surface area contributed by atoms with Crippen molar-refractivity contribution in [3.05, 3.63) is 47.2 Å². The van der Waals surface area contributed by atoms with Gasteiger partial charge in [0.25, 0.3) is 0 Å². The van der Waals surface area contributed by atoms with Crippen LogP contribution in [0.4, 0.5) is 0 Å². The first-order valence-electron chi connectivity index (χ1n) is 6.68. The van der Waals surface area contributed by atoms with Crippen molar-refractivity contribution in [2.45, 2.75) is 26.8 Å². The molecule has 0 saturated carbocycles. The maximum absolute atomic E-state index is 12.4. The number of amides is 1. The van der Waals surface area contributed by atoms with E-state index in [0.717, 1.165) is 5.56 Å². The molecule has 1 amide bonds. The van der Waals surface area contributed by atoms with Crippen molar-refractivity contribution in [3.8, 4) is 0 Å². The number of Topliss-reactive ketones (excluding diaryl/α,β-unsaturated/α-hetero) is 1. The summed E-state index contributed by atoms with van der Waals surface area (Å²) in [5, 5.41) is 10.8. The van der Waals surface area contributed by atoms with Crippen molar-refractivity contribution in [2.24, 2.45) is 5.92 Å². The summed E-state index contributed by atoms with van der Waals surface area (Å²) < 4.78 is 0. The van der Waals surface area contributed by atoms with Crippen LogP contribution in [0, 0.1) is 5.92 Å². The fourth-order valence-corrected chi connectivity index (χ4v) is 2.69. The highest BCUT2D eigenvalue weighted by Crippen LogP contribution is 2.33. The lowest BCUT2D eigenvalue weighted by atomic mass is 9.94. The zero-order chi connectivity index (χ0) is 15.6. The molecule has 1 aromatic rings. The fraction of sp³-hybridized carbons (Fsp3) is 0.312. The number of ketones is 1. The Bertz CT molecular complexity index is 618. The van der Waals surface area contributed by atoms with Gasteiger partial charge in [-0.2, -0.15) is 0 Å². The molecule has 1 atom stereocenters. The number of nitrogens with zero attached hydrogens (tertiary/aromatic N) is 1. The number of hydrogen-bond acceptors (Lipinski definition) is 4. The van der Waals surface area contributed by atoms with E-state index in [-0.39, 0.29) is 17.3 Å². The van der Waals surface area contributed by atoms with Crippen LogP contribution in [0.2, 0.25) is 0 Å². The summed E-state index contributed by atoms with van der Waals surface area (Å²) in [5.74, 6) is -2.90. The Morgan fingerprint density at radius 3 is 2.38 bits per heavy atom. The predicted molar refractivity (Wildman–Crippen MR) is 73.5 cm³/mol. The molecule has 1 aliphatic rings. The van der Waals surface area contributed by atoms with Crippen LogP contribution in [0.15, 0.2) is 41.6 Å². The van der Waals surface area contributed by atoms with Gasteiger partial charge in [0, 0.05) is 23.7 Å². The Hall–Kier alpha value is -2.43. The lowest BCUT2D eigenvalue weighted by Crippen LogP contribution is -2.33. The summed E-state index contributed by atoms with van der Waals surface area (Å²) in [7, 11) is 0. The number of benzene rings is 1. The van der Waals surface area contributed by atoms with Crippen LogP contribution in [0.5, 0.6) is 0 Å². The number of rotatable bonds is 5. The first-order valence-corrected chi connectivity index (χ1v) is 6.68. The van der Waals surface area contributed by atoms with Crippen molar-refractivity contribution in [1.29, 1.82) is 0 Å². The molecule has 0 spiro atoms. The van der Waals surface area contributed by atoms with Gasteiger partial charge in [0.1, 0.15) is 0 Å².